The van der Waals surface area contributed by atoms with Crippen LogP contribution in [-0.2, 0) is 0 Å². The Labute approximate surface area is 88.5 Å². The Morgan fingerprint density at radius 3 is 2.43 bits per heavy atom. The summed E-state index contributed by atoms with van der Waals surface area (Å²) in [5.41, 5.74) is 3.88. The lowest BCUT2D eigenvalue weighted by molar-refractivity contribution is 0.195. The minimum atomic E-state index is -0.306. The van der Waals surface area contributed by atoms with Crippen molar-refractivity contribution in [1.29, 1.82) is 0 Å². The average Bonchev–Trinajstić information content (AvgIpc) is 2.18. The van der Waals surface area contributed by atoms with Gasteiger partial charge in [0.2, 0.25) is 0 Å². The second-order valence-corrected chi connectivity index (χ2v) is 3.82. The Balaban J connectivity index is 3.75. The van der Waals surface area contributed by atoms with Gasteiger partial charge < -0.3 is 5.11 Å². The molecule has 0 aromatic carbocycles. The highest BCUT2D eigenvalue weighted by molar-refractivity contribution is 5.05. The van der Waals surface area contributed by atoms with Crippen LogP contribution >= 0.6 is 0 Å². The number of hydrogen-bond acceptors (Lipinski definition) is 1. The van der Waals surface area contributed by atoms with Crippen molar-refractivity contribution in [3.8, 4) is 0 Å². The minimum absolute atomic E-state index is 0.306. The van der Waals surface area contributed by atoms with E-state index in [1.165, 1.54) is 19.3 Å². The van der Waals surface area contributed by atoms with Crippen LogP contribution in [0.25, 0.3) is 0 Å². The highest BCUT2D eigenvalue weighted by Crippen LogP contribution is 2.15. The quantitative estimate of drug-likeness (QED) is 0.462. The molecule has 0 aliphatic carbocycles. The van der Waals surface area contributed by atoms with Crippen molar-refractivity contribution in [2.45, 2.75) is 64.9 Å². The molecule has 0 rings (SSSR count). The summed E-state index contributed by atoms with van der Waals surface area (Å²) in [7, 11) is 0. The molecule has 1 N–H and O–H groups in total. The minimum Gasteiger partial charge on any atom is -0.388 e. The van der Waals surface area contributed by atoms with E-state index < -0.39 is 0 Å². The standard InChI is InChI=1S/C13H24O/c1-4-7-8-9-11-12(6-3)13(14)10-5-2/h13-14H,3-5,7-11H2,1-2H3. The Morgan fingerprint density at radius 1 is 1.21 bits per heavy atom. The number of aliphatic hydroxyl groups is 1. The van der Waals surface area contributed by atoms with E-state index in [0.717, 1.165) is 31.3 Å². The van der Waals surface area contributed by atoms with Gasteiger partial charge in [0.1, 0.15) is 0 Å². The zero-order valence-electron chi connectivity index (χ0n) is 9.68. The molecule has 1 atom stereocenters. The fraction of sp³-hybridized carbons (Fsp3) is 0.769. The molecule has 1 unspecified atom stereocenters. The normalized spacial score (nSPS) is 12.2. The molecule has 0 heterocycles. The molecule has 0 saturated heterocycles. The molecule has 82 valence electrons. The third-order valence-corrected chi connectivity index (χ3v) is 2.49. The number of rotatable bonds is 8. The summed E-state index contributed by atoms with van der Waals surface area (Å²) < 4.78 is 0. The zero-order valence-corrected chi connectivity index (χ0v) is 9.68. The summed E-state index contributed by atoms with van der Waals surface area (Å²) in [5, 5.41) is 9.73. The van der Waals surface area contributed by atoms with E-state index >= 15 is 0 Å². The van der Waals surface area contributed by atoms with E-state index in [0.29, 0.717) is 0 Å². The predicted octanol–water partition coefficient (Wildman–Crippen LogP) is 3.83. The molecule has 0 bridgehead atoms. The Hall–Kier alpha value is -0.520. The lowest BCUT2D eigenvalue weighted by Gasteiger charge is -2.11. The fourth-order valence-corrected chi connectivity index (χ4v) is 1.56. The van der Waals surface area contributed by atoms with Gasteiger partial charge in [0, 0.05) is 0 Å². The topological polar surface area (TPSA) is 20.2 Å². The van der Waals surface area contributed by atoms with Crippen LogP contribution in [-0.4, -0.2) is 11.2 Å². The van der Waals surface area contributed by atoms with Gasteiger partial charge in [-0.25, -0.2) is 0 Å². The molecule has 14 heavy (non-hydrogen) atoms. The van der Waals surface area contributed by atoms with Crippen molar-refractivity contribution in [3.63, 3.8) is 0 Å². The SMILES string of the molecule is C=C=C(CCCCCC)C(O)CCC. The lowest BCUT2D eigenvalue weighted by Crippen LogP contribution is -2.09. The highest BCUT2D eigenvalue weighted by Gasteiger charge is 2.08. The first-order valence-electron chi connectivity index (χ1n) is 5.83. The molecule has 0 aliphatic rings. The maximum absolute atomic E-state index is 9.73. The predicted molar refractivity (Wildman–Crippen MR) is 62.3 cm³/mol. The van der Waals surface area contributed by atoms with E-state index in [-0.39, 0.29) is 6.10 Å². The van der Waals surface area contributed by atoms with Crippen LogP contribution in [0.5, 0.6) is 0 Å². The van der Waals surface area contributed by atoms with Crippen LogP contribution in [0.15, 0.2) is 17.9 Å². The van der Waals surface area contributed by atoms with Gasteiger partial charge in [-0.3, -0.25) is 0 Å². The molecule has 0 spiro atoms. The lowest BCUT2D eigenvalue weighted by atomic mass is 10.00. The van der Waals surface area contributed by atoms with Crippen LogP contribution in [0.4, 0.5) is 0 Å². The van der Waals surface area contributed by atoms with Gasteiger partial charge in [0.15, 0.2) is 0 Å². The van der Waals surface area contributed by atoms with Crippen LogP contribution in [0.3, 0.4) is 0 Å². The second kappa shape index (κ2) is 9.05. The third-order valence-electron chi connectivity index (χ3n) is 2.49. The molecule has 1 heteroatoms. The van der Waals surface area contributed by atoms with Crippen molar-refractivity contribution in [2.75, 3.05) is 0 Å². The molecular formula is C13H24O. The molecule has 0 aliphatic heterocycles. The zero-order chi connectivity index (χ0) is 10.8. The maximum atomic E-state index is 9.73. The first-order valence-corrected chi connectivity index (χ1v) is 5.83. The van der Waals surface area contributed by atoms with E-state index in [2.05, 4.69) is 26.2 Å². The van der Waals surface area contributed by atoms with Gasteiger partial charge in [-0.1, -0.05) is 46.1 Å². The molecule has 0 aromatic rings. The maximum Gasteiger partial charge on any atom is 0.0823 e. The number of aliphatic hydroxyl groups excluding tert-OH is 1. The largest absolute Gasteiger partial charge is 0.388 e. The number of hydrogen-bond donors (Lipinski definition) is 1. The first kappa shape index (κ1) is 13.5. The molecule has 0 saturated carbocycles. The summed E-state index contributed by atoms with van der Waals surface area (Å²) in [6, 6.07) is 0. The van der Waals surface area contributed by atoms with Crippen molar-refractivity contribution < 1.29 is 5.11 Å². The molecule has 1 nitrogen and oxygen atoms in total. The second-order valence-electron chi connectivity index (χ2n) is 3.82. The Morgan fingerprint density at radius 2 is 1.93 bits per heavy atom. The summed E-state index contributed by atoms with van der Waals surface area (Å²) in [5.74, 6) is 0. The monoisotopic (exact) mass is 196 g/mol. The summed E-state index contributed by atoms with van der Waals surface area (Å²) in [4.78, 5) is 0. The summed E-state index contributed by atoms with van der Waals surface area (Å²) >= 11 is 0. The molecule has 0 aromatic heterocycles. The molecule has 0 radical (unpaired) electrons. The van der Waals surface area contributed by atoms with Gasteiger partial charge in [0.25, 0.3) is 0 Å². The molecule has 0 amide bonds. The Bertz CT molecular complexity index is 178. The fourth-order valence-electron chi connectivity index (χ4n) is 1.56. The summed E-state index contributed by atoms with van der Waals surface area (Å²) in [6.45, 7) is 7.93. The Kier molecular flexibility index (Phi) is 8.72. The first-order chi connectivity index (χ1) is 6.76. The van der Waals surface area contributed by atoms with Crippen LogP contribution in [0.2, 0.25) is 0 Å². The van der Waals surface area contributed by atoms with Crippen molar-refractivity contribution in [3.05, 3.63) is 17.9 Å². The van der Waals surface area contributed by atoms with Crippen LogP contribution in [0, 0.1) is 0 Å². The van der Waals surface area contributed by atoms with E-state index in [4.69, 9.17) is 0 Å². The van der Waals surface area contributed by atoms with Gasteiger partial charge in [-0.05, 0) is 24.8 Å². The third kappa shape index (κ3) is 6.01. The van der Waals surface area contributed by atoms with E-state index in [9.17, 15) is 5.11 Å². The van der Waals surface area contributed by atoms with E-state index in [1.54, 1.807) is 0 Å². The number of unbranched alkanes of at least 4 members (excludes halogenated alkanes) is 3. The van der Waals surface area contributed by atoms with Gasteiger partial charge >= 0.3 is 0 Å². The van der Waals surface area contributed by atoms with Crippen LogP contribution < -0.4 is 0 Å². The van der Waals surface area contributed by atoms with Gasteiger partial charge in [-0.15, -0.1) is 5.73 Å². The molecule has 0 fully saturated rings. The molecular weight excluding hydrogens is 172 g/mol. The summed E-state index contributed by atoms with van der Waals surface area (Å²) in [6.07, 6.45) is 7.46. The van der Waals surface area contributed by atoms with Gasteiger partial charge in [0.05, 0.1) is 6.10 Å². The van der Waals surface area contributed by atoms with Crippen LogP contribution in [0.1, 0.15) is 58.8 Å². The highest BCUT2D eigenvalue weighted by atomic mass is 16.3. The van der Waals surface area contributed by atoms with Crippen molar-refractivity contribution in [2.24, 2.45) is 0 Å². The van der Waals surface area contributed by atoms with E-state index in [1.807, 2.05) is 0 Å². The average molecular weight is 196 g/mol. The smallest absolute Gasteiger partial charge is 0.0823 e. The van der Waals surface area contributed by atoms with Gasteiger partial charge in [-0.2, -0.15) is 0 Å². The van der Waals surface area contributed by atoms with Crippen molar-refractivity contribution in [1.82, 2.24) is 0 Å². The van der Waals surface area contributed by atoms with Crippen molar-refractivity contribution >= 4 is 0 Å².